The van der Waals surface area contributed by atoms with Gasteiger partial charge >= 0.3 is 5.97 Å². The molecule has 0 aliphatic carbocycles. The van der Waals surface area contributed by atoms with E-state index in [4.69, 9.17) is 9.47 Å². The van der Waals surface area contributed by atoms with Gasteiger partial charge in [0, 0.05) is 13.7 Å². The van der Waals surface area contributed by atoms with Crippen LogP contribution in [-0.2, 0) is 27.2 Å². The number of nitrogens with one attached hydrogen (secondary N) is 1. The van der Waals surface area contributed by atoms with Gasteiger partial charge in [-0.15, -0.1) is 5.10 Å². The SMILES string of the molecule is CCCc1c(C(=O)OCC)nnn1CC(=O)NCCOC. The number of aromatic nitrogens is 3. The van der Waals surface area contributed by atoms with Gasteiger partial charge in [-0.25, -0.2) is 9.48 Å². The quantitative estimate of drug-likeness (QED) is 0.516. The highest BCUT2D eigenvalue weighted by Crippen LogP contribution is 2.10. The molecule has 0 bridgehead atoms. The fraction of sp³-hybridized carbons (Fsp3) is 0.692. The molecule has 1 N–H and O–H groups in total. The van der Waals surface area contributed by atoms with E-state index in [1.165, 1.54) is 4.68 Å². The van der Waals surface area contributed by atoms with E-state index in [-0.39, 0.29) is 24.8 Å². The van der Waals surface area contributed by atoms with Gasteiger partial charge in [-0.2, -0.15) is 0 Å². The van der Waals surface area contributed by atoms with Crippen LogP contribution in [0.2, 0.25) is 0 Å². The van der Waals surface area contributed by atoms with Crippen molar-refractivity contribution in [3.63, 3.8) is 0 Å². The molecule has 8 heteroatoms. The monoisotopic (exact) mass is 298 g/mol. The van der Waals surface area contributed by atoms with E-state index in [0.29, 0.717) is 25.3 Å². The number of hydrogen-bond acceptors (Lipinski definition) is 6. The van der Waals surface area contributed by atoms with Crippen molar-refractivity contribution in [3.8, 4) is 0 Å². The molecule has 0 fully saturated rings. The highest BCUT2D eigenvalue weighted by molar-refractivity contribution is 5.88. The van der Waals surface area contributed by atoms with Gasteiger partial charge in [0.2, 0.25) is 5.91 Å². The van der Waals surface area contributed by atoms with Crippen molar-refractivity contribution >= 4 is 11.9 Å². The van der Waals surface area contributed by atoms with Crippen LogP contribution in [-0.4, -0.2) is 53.7 Å². The molecule has 0 radical (unpaired) electrons. The molecular formula is C13H22N4O4. The Bertz CT molecular complexity index is 473. The third kappa shape index (κ3) is 5.14. The number of hydrogen-bond donors (Lipinski definition) is 1. The summed E-state index contributed by atoms with van der Waals surface area (Å²) in [6.07, 6.45) is 1.41. The Morgan fingerprint density at radius 2 is 2.10 bits per heavy atom. The van der Waals surface area contributed by atoms with Crippen molar-refractivity contribution in [3.05, 3.63) is 11.4 Å². The van der Waals surface area contributed by atoms with Crippen molar-refractivity contribution in [2.24, 2.45) is 0 Å². The van der Waals surface area contributed by atoms with Crippen molar-refractivity contribution < 1.29 is 19.1 Å². The number of rotatable bonds is 9. The minimum atomic E-state index is -0.507. The number of carbonyl (C=O) groups excluding carboxylic acids is 2. The summed E-state index contributed by atoms with van der Waals surface area (Å²) in [4.78, 5) is 23.6. The average molecular weight is 298 g/mol. The molecule has 0 unspecified atom stereocenters. The Kier molecular flexibility index (Phi) is 7.38. The lowest BCUT2D eigenvalue weighted by Crippen LogP contribution is -2.31. The Labute approximate surface area is 123 Å². The van der Waals surface area contributed by atoms with Gasteiger partial charge in [-0.1, -0.05) is 18.6 Å². The second-order valence-electron chi connectivity index (χ2n) is 4.36. The fourth-order valence-electron chi connectivity index (χ4n) is 1.79. The van der Waals surface area contributed by atoms with Crippen molar-refractivity contribution in [2.45, 2.75) is 33.2 Å². The van der Waals surface area contributed by atoms with E-state index in [1.54, 1.807) is 14.0 Å². The molecule has 0 saturated heterocycles. The Hall–Kier alpha value is -1.96. The largest absolute Gasteiger partial charge is 0.461 e. The molecule has 0 aliphatic rings. The Morgan fingerprint density at radius 3 is 2.71 bits per heavy atom. The van der Waals surface area contributed by atoms with Crippen LogP contribution in [0.1, 0.15) is 36.5 Å². The number of amides is 1. The summed E-state index contributed by atoms with van der Waals surface area (Å²) in [7, 11) is 1.56. The standard InChI is InChI=1S/C13H22N4O4/c1-4-6-10-12(13(19)21-5-2)15-16-17(10)9-11(18)14-7-8-20-3/h4-9H2,1-3H3,(H,14,18). The van der Waals surface area contributed by atoms with E-state index in [2.05, 4.69) is 15.6 Å². The first-order valence-electron chi connectivity index (χ1n) is 6.99. The molecule has 1 heterocycles. The number of nitrogens with zero attached hydrogens (tertiary/aromatic N) is 3. The minimum absolute atomic E-state index is 0.0193. The summed E-state index contributed by atoms with van der Waals surface area (Å²) in [5.41, 5.74) is 0.807. The molecule has 1 aromatic rings. The van der Waals surface area contributed by atoms with Crippen LogP contribution in [0, 0.1) is 0 Å². The third-order valence-electron chi connectivity index (χ3n) is 2.71. The van der Waals surface area contributed by atoms with Crippen LogP contribution in [0.15, 0.2) is 0 Å². The predicted octanol–water partition coefficient (Wildman–Crippen LogP) is 0.170. The second kappa shape index (κ2) is 9.06. The van der Waals surface area contributed by atoms with Crippen LogP contribution in [0.4, 0.5) is 0 Å². The molecule has 1 amide bonds. The maximum absolute atomic E-state index is 11.8. The number of esters is 1. The first-order valence-corrected chi connectivity index (χ1v) is 6.99. The number of methoxy groups -OCH3 is 1. The molecule has 0 saturated carbocycles. The molecule has 0 spiro atoms. The van der Waals surface area contributed by atoms with Crippen molar-refractivity contribution in [1.82, 2.24) is 20.3 Å². The zero-order chi connectivity index (χ0) is 15.7. The van der Waals surface area contributed by atoms with Crippen LogP contribution in [0.5, 0.6) is 0 Å². The maximum Gasteiger partial charge on any atom is 0.360 e. The van der Waals surface area contributed by atoms with Crippen molar-refractivity contribution in [2.75, 3.05) is 26.9 Å². The maximum atomic E-state index is 11.8. The van der Waals surface area contributed by atoms with Crippen LogP contribution in [0.25, 0.3) is 0 Å². The lowest BCUT2D eigenvalue weighted by atomic mass is 10.2. The van der Waals surface area contributed by atoms with E-state index in [9.17, 15) is 9.59 Å². The molecule has 0 aliphatic heterocycles. The normalized spacial score (nSPS) is 10.4. The van der Waals surface area contributed by atoms with Gasteiger partial charge in [0.05, 0.1) is 18.9 Å². The van der Waals surface area contributed by atoms with Gasteiger partial charge in [0.1, 0.15) is 6.54 Å². The van der Waals surface area contributed by atoms with Gasteiger partial charge in [-0.05, 0) is 13.3 Å². The minimum Gasteiger partial charge on any atom is -0.461 e. The van der Waals surface area contributed by atoms with E-state index in [0.717, 1.165) is 6.42 Å². The van der Waals surface area contributed by atoms with E-state index >= 15 is 0 Å². The van der Waals surface area contributed by atoms with Crippen LogP contribution in [0.3, 0.4) is 0 Å². The fourth-order valence-corrected chi connectivity index (χ4v) is 1.79. The first kappa shape index (κ1) is 17.1. The second-order valence-corrected chi connectivity index (χ2v) is 4.36. The summed E-state index contributed by atoms with van der Waals surface area (Å²) < 4.78 is 11.2. The summed E-state index contributed by atoms with van der Waals surface area (Å²) in [6.45, 7) is 4.87. The summed E-state index contributed by atoms with van der Waals surface area (Å²) >= 11 is 0. The Morgan fingerprint density at radius 1 is 1.33 bits per heavy atom. The lowest BCUT2D eigenvalue weighted by Gasteiger charge is -2.07. The van der Waals surface area contributed by atoms with Crippen LogP contribution < -0.4 is 5.32 Å². The predicted molar refractivity (Wildman–Crippen MR) is 74.9 cm³/mol. The van der Waals surface area contributed by atoms with Gasteiger partial charge < -0.3 is 14.8 Å². The molecule has 8 nitrogen and oxygen atoms in total. The smallest absolute Gasteiger partial charge is 0.360 e. The molecule has 1 aromatic heterocycles. The van der Waals surface area contributed by atoms with E-state index < -0.39 is 5.97 Å². The highest BCUT2D eigenvalue weighted by Gasteiger charge is 2.21. The molecule has 118 valence electrons. The van der Waals surface area contributed by atoms with Gasteiger partial charge in [-0.3, -0.25) is 4.79 Å². The molecule has 21 heavy (non-hydrogen) atoms. The summed E-state index contributed by atoms with van der Waals surface area (Å²) in [5.74, 6) is -0.711. The molecule has 0 atom stereocenters. The summed E-state index contributed by atoms with van der Waals surface area (Å²) in [6, 6.07) is 0. The Balaban J connectivity index is 2.77. The zero-order valence-corrected chi connectivity index (χ0v) is 12.7. The number of carbonyl (C=O) groups is 2. The molecule has 1 rings (SSSR count). The third-order valence-corrected chi connectivity index (χ3v) is 2.71. The van der Waals surface area contributed by atoms with Crippen molar-refractivity contribution in [1.29, 1.82) is 0 Å². The van der Waals surface area contributed by atoms with E-state index in [1.807, 2.05) is 6.92 Å². The van der Waals surface area contributed by atoms with Crippen LogP contribution >= 0.6 is 0 Å². The summed E-state index contributed by atoms with van der Waals surface area (Å²) in [5, 5.41) is 10.4. The van der Waals surface area contributed by atoms with Gasteiger partial charge in [0.15, 0.2) is 5.69 Å². The zero-order valence-electron chi connectivity index (χ0n) is 12.7. The number of ether oxygens (including phenoxy) is 2. The lowest BCUT2D eigenvalue weighted by molar-refractivity contribution is -0.122. The molecular weight excluding hydrogens is 276 g/mol. The molecule has 0 aromatic carbocycles. The average Bonchev–Trinajstić information content (AvgIpc) is 2.83. The topological polar surface area (TPSA) is 95.3 Å². The highest BCUT2D eigenvalue weighted by atomic mass is 16.5. The van der Waals surface area contributed by atoms with Gasteiger partial charge in [0.25, 0.3) is 0 Å². The first-order chi connectivity index (χ1) is 10.1.